The van der Waals surface area contributed by atoms with E-state index in [2.05, 4.69) is 21.2 Å². The average molecular weight is 338 g/mol. The van der Waals surface area contributed by atoms with Gasteiger partial charge >= 0.3 is 12.1 Å². The molecule has 0 saturated heterocycles. The summed E-state index contributed by atoms with van der Waals surface area (Å²) in [6.07, 6.45) is -4.74. The number of anilines is 1. The van der Waals surface area contributed by atoms with Crippen LogP contribution in [0.1, 0.15) is 11.1 Å². The highest BCUT2D eigenvalue weighted by Crippen LogP contribution is 2.40. The fourth-order valence-corrected chi connectivity index (χ4v) is 3.02. The smallest absolute Gasteiger partial charge is 0.409 e. The number of aliphatic carboxylic acids is 1. The zero-order valence-corrected chi connectivity index (χ0v) is 11.5. The molecule has 0 bridgehead atoms. The first kappa shape index (κ1) is 14.2. The summed E-state index contributed by atoms with van der Waals surface area (Å²) in [7, 11) is 0. The van der Waals surface area contributed by atoms with Crippen LogP contribution in [-0.4, -0.2) is 23.3 Å². The maximum atomic E-state index is 12.9. The molecular weight excluding hydrogens is 327 g/mol. The number of halogens is 4. The van der Waals surface area contributed by atoms with E-state index in [-0.39, 0.29) is 6.42 Å². The summed E-state index contributed by atoms with van der Waals surface area (Å²) >= 11 is 3.21. The van der Waals surface area contributed by atoms with Crippen molar-refractivity contribution in [1.82, 2.24) is 0 Å². The number of carboxylic acids is 1. The minimum Gasteiger partial charge on any atom is -0.481 e. The van der Waals surface area contributed by atoms with Crippen LogP contribution in [0, 0.1) is 12.8 Å². The van der Waals surface area contributed by atoms with E-state index in [1.807, 2.05) is 0 Å². The van der Waals surface area contributed by atoms with Crippen LogP contribution in [0.25, 0.3) is 0 Å². The molecule has 0 spiro atoms. The largest absolute Gasteiger partial charge is 0.481 e. The van der Waals surface area contributed by atoms with Crippen LogP contribution in [0.3, 0.4) is 0 Å². The number of hydrogen-bond acceptors (Lipinski definition) is 2. The first-order valence-electron chi connectivity index (χ1n) is 5.55. The van der Waals surface area contributed by atoms with Crippen LogP contribution >= 0.6 is 15.9 Å². The normalized spacial score (nSPS) is 22.6. The van der Waals surface area contributed by atoms with Crippen LogP contribution in [0.15, 0.2) is 16.6 Å². The van der Waals surface area contributed by atoms with Gasteiger partial charge in [0.05, 0.1) is 11.6 Å². The molecule has 2 atom stereocenters. The van der Waals surface area contributed by atoms with E-state index < -0.39 is 24.1 Å². The molecule has 1 aliphatic rings. The third-order valence-electron chi connectivity index (χ3n) is 3.13. The van der Waals surface area contributed by atoms with Crippen molar-refractivity contribution in [2.24, 2.45) is 5.92 Å². The van der Waals surface area contributed by atoms with Gasteiger partial charge < -0.3 is 10.4 Å². The number of carbonyl (C=O) groups is 1. The molecule has 1 heterocycles. The molecule has 3 nitrogen and oxygen atoms in total. The van der Waals surface area contributed by atoms with Gasteiger partial charge in [0, 0.05) is 4.47 Å². The van der Waals surface area contributed by atoms with Gasteiger partial charge in [0.25, 0.3) is 0 Å². The summed E-state index contributed by atoms with van der Waals surface area (Å²) in [5, 5.41) is 11.3. The molecule has 2 N–H and O–H groups in total. The summed E-state index contributed by atoms with van der Waals surface area (Å²) in [6, 6.07) is 1.33. The number of nitrogens with one attached hydrogen (secondary N) is 1. The molecule has 104 valence electrons. The molecule has 2 rings (SSSR count). The van der Waals surface area contributed by atoms with Gasteiger partial charge in [-0.2, -0.15) is 13.2 Å². The Balaban J connectivity index is 2.48. The predicted octanol–water partition coefficient (Wildman–Crippen LogP) is 3.36. The van der Waals surface area contributed by atoms with Crippen molar-refractivity contribution < 1.29 is 23.1 Å². The molecule has 0 radical (unpaired) electrons. The van der Waals surface area contributed by atoms with Gasteiger partial charge in [0.1, 0.15) is 6.04 Å². The molecule has 0 aromatic heterocycles. The molecule has 1 aromatic rings. The number of fused-ring (bicyclic) bond motifs is 1. The summed E-state index contributed by atoms with van der Waals surface area (Å²) in [5.74, 6) is -2.96. The predicted molar refractivity (Wildman–Crippen MR) is 67.2 cm³/mol. The summed E-state index contributed by atoms with van der Waals surface area (Å²) < 4.78 is 39.3. The molecular formula is C12H11BrF3NO2. The van der Waals surface area contributed by atoms with Gasteiger partial charge in [-0.3, -0.25) is 4.79 Å². The molecule has 0 fully saturated rings. The minimum atomic E-state index is -4.61. The van der Waals surface area contributed by atoms with Crippen molar-refractivity contribution in [3.8, 4) is 0 Å². The van der Waals surface area contributed by atoms with E-state index in [0.717, 1.165) is 5.56 Å². The summed E-state index contributed by atoms with van der Waals surface area (Å²) in [4.78, 5) is 11.0. The maximum absolute atomic E-state index is 12.9. The standard InChI is InChI=1S/C12H11BrF3NO2/c1-5-2-6-4-7(11(18)19)10(12(14,15)16)17-9(6)8(13)3-5/h2-3,7,10,17H,4H2,1H3,(H,18,19)/t7-,10+/m1/s1. The number of hydrogen-bond donors (Lipinski definition) is 2. The van der Waals surface area contributed by atoms with Gasteiger partial charge in [-0.1, -0.05) is 6.07 Å². The topological polar surface area (TPSA) is 49.3 Å². The molecule has 0 unspecified atom stereocenters. The number of rotatable bonds is 1. The van der Waals surface area contributed by atoms with E-state index in [1.165, 1.54) is 0 Å². The lowest BCUT2D eigenvalue weighted by Gasteiger charge is -2.34. The van der Waals surface area contributed by atoms with Crippen LogP contribution in [0.4, 0.5) is 18.9 Å². The first-order chi connectivity index (χ1) is 8.70. The maximum Gasteiger partial charge on any atom is 0.409 e. The third kappa shape index (κ3) is 2.70. The van der Waals surface area contributed by atoms with E-state index in [4.69, 9.17) is 5.11 Å². The second-order valence-electron chi connectivity index (χ2n) is 4.59. The first-order valence-corrected chi connectivity index (χ1v) is 6.34. The van der Waals surface area contributed by atoms with Crippen molar-refractivity contribution in [2.75, 3.05) is 5.32 Å². The van der Waals surface area contributed by atoms with Crippen molar-refractivity contribution in [3.05, 3.63) is 27.7 Å². The zero-order valence-electron chi connectivity index (χ0n) is 9.88. The van der Waals surface area contributed by atoms with Gasteiger partial charge in [-0.25, -0.2) is 0 Å². The Bertz CT molecular complexity index is 530. The van der Waals surface area contributed by atoms with Gasteiger partial charge in [-0.05, 0) is 46.5 Å². The van der Waals surface area contributed by atoms with E-state index in [1.54, 1.807) is 19.1 Å². The molecule has 0 aliphatic carbocycles. The monoisotopic (exact) mass is 337 g/mol. The van der Waals surface area contributed by atoms with Gasteiger partial charge in [0.15, 0.2) is 0 Å². The van der Waals surface area contributed by atoms with E-state index >= 15 is 0 Å². The third-order valence-corrected chi connectivity index (χ3v) is 3.75. The number of alkyl halides is 3. The Labute approximate surface area is 115 Å². The Kier molecular flexibility index (Phi) is 3.51. The highest BCUT2D eigenvalue weighted by Gasteiger charge is 2.50. The molecule has 0 amide bonds. The van der Waals surface area contributed by atoms with Crippen LogP contribution in [0.2, 0.25) is 0 Å². The molecule has 1 aromatic carbocycles. The minimum absolute atomic E-state index is 0.137. The zero-order chi connectivity index (χ0) is 14.4. The SMILES string of the molecule is Cc1cc(Br)c2c(c1)C[C@@H](C(=O)O)[C@@H](C(F)(F)F)N2. The lowest BCUT2D eigenvalue weighted by molar-refractivity contribution is -0.169. The van der Waals surface area contributed by atoms with Crippen molar-refractivity contribution in [3.63, 3.8) is 0 Å². The van der Waals surface area contributed by atoms with Crippen molar-refractivity contribution >= 4 is 27.6 Å². The van der Waals surface area contributed by atoms with Crippen LogP contribution in [-0.2, 0) is 11.2 Å². The van der Waals surface area contributed by atoms with Crippen LogP contribution in [0.5, 0.6) is 0 Å². The lowest BCUT2D eigenvalue weighted by atomic mass is 9.86. The number of aryl methyl sites for hydroxylation is 1. The van der Waals surface area contributed by atoms with Gasteiger partial charge in [-0.15, -0.1) is 0 Å². The average Bonchev–Trinajstić information content (AvgIpc) is 2.25. The van der Waals surface area contributed by atoms with E-state index in [9.17, 15) is 18.0 Å². The molecule has 0 saturated carbocycles. The summed E-state index contributed by atoms with van der Waals surface area (Å²) in [6.45, 7) is 1.80. The number of benzene rings is 1. The Hall–Kier alpha value is -1.24. The Morgan fingerprint density at radius 1 is 1.47 bits per heavy atom. The highest BCUT2D eigenvalue weighted by atomic mass is 79.9. The van der Waals surface area contributed by atoms with E-state index in [0.29, 0.717) is 15.7 Å². The lowest BCUT2D eigenvalue weighted by Crippen LogP contribution is -2.49. The van der Waals surface area contributed by atoms with Crippen molar-refractivity contribution in [1.29, 1.82) is 0 Å². The molecule has 19 heavy (non-hydrogen) atoms. The molecule has 7 heteroatoms. The number of carboxylic acid groups (broad SMARTS) is 1. The summed E-state index contributed by atoms with van der Waals surface area (Å²) in [5.41, 5.74) is 1.77. The van der Waals surface area contributed by atoms with Gasteiger partial charge in [0.2, 0.25) is 0 Å². The van der Waals surface area contributed by atoms with Crippen molar-refractivity contribution in [2.45, 2.75) is 25.6 Å². The Morgan fingerprint density at radius 3 is 2.63 bits per heavy atom. The van der Waals surface area contributed by atoms with Crippen LogP contribution < -0.4 is 5.32 Å². The quantitative estimate of drug-likeness (QED) is 0.826. The highest BCUT2D eigenvalue weighted by molar-refractivity contribution is 9.10. The second-order valence-corrected chi connectivity index (χ2v) is 5.45. The Morgan fingerprint density at radius 2 is 2.11 bits per heavy atom. The second kappa shape index (κ2) is 4.70. The molecule has 1 aliphatic heterocycles. The fraction of sp³-hybridized carbons (Fsp3) is 0.417. The fourth-order valence-electron chi connectivity index (χ4n) is 2.29.